The van der Waals surface area contributed by atoms with Gasteiger partial charge in [0.15, 0.2) is 0 Å². The molecule has 0 radical (unpaired) electrons. The van der Waals surface area contributed by atoms with E-state index in [4.69, 9.17) is 0 Å². The second kappa shape index (κ2) is 5.87. The summed E-state index contributed by atoms with van der Waals surface area (Å²) in [6.07, 6.45) is -5.50. The first-order valence-corrected chi connectivity index (χ1v) is 7.01. The third-order valence-electron chi connectivity index (χ3n) is 3.60. The van der Waals surface area contributed by atoms with E-state index in [0.29, 0.717) is 11.1 Å². The van der Waals surface area contributed by atoms with Gasteiger partial charge in [-0.3, -0.25) is 9.79 Å². The fourth-order valence-corrected chi connectivity index (χ4v) is 2.48. The van der Waals surface area contributed by atoms with Gasteiger partial charge in [-0.25, -0.2) is 0 Å². The van der Waals surface area contributed by atoms with Crippen LogP contribution in [-0.2, 0) is 0 Å². The van der Waals surface area contributed by atoms with Crippen LogP contribution in [0.4, 0.5) is 13.2 Å². The molecule has 1 unspecified atom stereocenters. The van der Waals surface area contributed by atoms with E-state index in [2.05, 4.69) is 4.99 Å². The molecule has 3 rings (SSSR count). The van der Waals surface area contributed by atoms with E-state index in [1.807, 2.05) is 0 Å². The Hall–Kier alpha value is -2.63. The highest BCUT2D eigenvalue weighted by molar-refractivity contribution is 6.01. The largest absolute Gasteiger partial charge is 0.430 e. The van der Waals surface area contributed by atoms with Crippen molar-refractivity contribution in [3.63, 3.8) is 0 Å². The van der Waals surface area contributed by atoms with Gasteiger partial charge in [0.2, 0.25) is 0 Å². The molecule has 1 heterocycles. The van der Waals surface area contributed by atoms with E-state index in [9.17, 15) is 18.0 Å². The first-order valence-electron chi connectivity index (χ1n) is 7.01. The lowest BCUT2D eigenvalue weighted by molar-refractivity contribution is -0.0597. The highest BCUT2D eigenvalue weighted by atomic mass is 19.4. The molecule has 0 bridgehead atoms. The Morgan fingerprint density at radius 3 is 2.13 bits per heavy atom. The van der Waals surface area contributed by atoms with E-state index >= 15 is 0 Å². The van der Waals surface area contributed by atoms with Gasteiger partial charge in [0.25, 0.3) is 5.91 Å². The van der Waals surface area contributed by atoms with Crippen molar-refractivity contribution in [3.8, 4) is 0 Å². The Morgan fingerprint density at radius 1 is 1.00 bits per heavy atom. The standard InChI is InChI=1S/C17H13F3N2O/c18-17(19,20)14-11-22(16(23)13-9-5-2-6-10-13)15(21-14)12-7-3-1-4-8-12/h1-10,15H,11H2. The quantitative estimate of drug-likeness (QED) is 0.828. The van der Waals surface area contributed by atoms with Gasteiger partial charge in [-0.1, -0.05) is 48.5 Å². The fourth-order valence-electron chi connectivity index (χ4n) is 2.48. The number of hydrogen-bond acceptors (Lipinski definition) is 2. The monoisotopic (exact) mass is 318 g/mol. The lowest BCUT2D eigenvalue weighted by Gasteiger charge is -2.23. The number of rotatable bonds is 2. The van der Waals surface area contributed by atoms with Crippen molar-refractivity contribution >= 4 is 11.6 Å². The predicted molar refractivity (Wildman–Crippen MR) is 80.2 cm³/mol. The Labute approximate surface area is 131 Å². The van der Waals surface area contributed by atoms with E-state index < -0.39 is 30.5 Å². The topological polar surface area (TPSA) is 32.7 Å². The van der Waals surface area contributed by atoms with Crippen LogP contribution < -0.4 is 0 Å². The van der Waals surface area contributed by atoms with Crippen LogP contribution >= 0.6 is 0 Å². The van der Waals surface area contributed by atoms with Crippen LogP contribution in [-0.4, -0.2) is 29.2 Å². The summed E-state index contributed by atoms with van der Waals surface area (Å²) in [5, 5.41) is 0. The number of halogens is 3. The average Bonchev–Trinajstić information content (AvgIpc) is 3.01. The molecule has 1 atom stereocenters. The number of carbonyl (C=O) groups excluding carboxylic acids is 1. The Bertz CT molecular complexity index is 727. The minimum Gasteiger partial charge on any atom is -0.306 e. The summed E-state index contributed by atoms with van der Waals surface area (Å²) in [6.45, 7) is -0.545. The molecule has 2 aromatic carbocycles. The fraction of sp³-hybridized carbons (Fsp3) is 0.176. The number of aliphatic imine (C=N–C) groups is 1. The molecule has 0 saturated heterocycles. The molecule has 0 spiro atoms. The normalized spacial score (nSPS) is 18.0. The third-order valence-corrected chi connectivity index (χ3v) is 3.60. The molecule has 1 aliphatic rings. The van der Waals surface area contributed by atoms with Crippen LogP contribution in [0.5, 0.6) is 0 Å². The number of amides is 1. The molecule has 2 aromatic rings. The Morgan fingerprint density at radius 2 is 1.57 bits per heavy atom. The minimum atomic E-state index is -4.54. The van der Waals surface area contributed by atoms with Crippen LogP contribution in [0, 0.1) is 0 Å². The van der Waals surface area contributed by atoms with E-state index in [0.717, 1.165) is 4.90 Å². The number of benzene rings is 2. The molecule has 0 saturated carbocycles. The zero-order chi connectivity index (χ0) is 16.4. The maximum atomic E-state index is 13.0. The summed E-state index contributed by atoms with van der Waals surface area (Å²) in [5.74, 6) is -0.470. The van der Waals surface area contributed by atoms with Crippen molar-refractivity contribution in [2.24, 2.45) is 4.99 Å². The van der Waals surface area contributed by atoms with E-state index in [1.54, 1.807) is 60.7 Å². The molecule has 23 heavy (non-hydrogen) atoms. The van der Waals surface area contributed by atoms with Crippen LogP contribution in [0.15, 0.2) is 65.7 Å². The number of nitrogens with zero attached hydrogens (tertiary/aromatic N) is 2. The highest BCUT2D eigenvalue weighted by Gasteiger charge is 2.44. The summed E-state index contributed by atoms with van der Waals surface area (Å²) >= 11 is 0. The summed E-state index contributed by atoms with van der Waals surface area (Å²) < 4.78 is 39.1. The van der Waals surface area contributed by atoms with Crippen molar-refractivity contribution in [1.82, 2.24) is 4.90 Å². The molecule has 0 fully saturated rings. The molecule has 1 aliphatic heterocycles. The van der Waals surface area contributed by atoms with E-state index in [1.165, 1.54) is 0 Å². The van der Waals surface area contributed by atoms with E-state index in [-0.39, 0.29) is 0 Å². The predicted octanol–water partition coefficient (Wildman–Crippen LogP) is 3.84. The first kappa shape index (κ1) is 15.3. The summed E-state index contributed by atoms with van der Waals surface area (Å²) in [4.78, 5) is 17.5. The molecule has 3 nitrogen and oxygen atoms in total. The Balaban J connectivity index is 1.97. The van der Waals surface area contributed by atoms with Gasteiger partial charge < -0.3 is 4.90 Å². The molecule has 6 heteroatoms. The van der Waals surface area contributed by atoms with Gasteiger partial charge in [-0.05, 0) is 17.7 Å². The molecular formula is C17H13F3N2O. The SMILES string of the molecule is O=C(c1ccccc1)N1CC(C(F)(F)F)=NC1c1ccccc1. The Kier molecular flexibility index (Phi) is 3.90. The van der Waals surface area contributed by atoms with Crippen molar-refractivity contribution in [1.29, 1.82) is 0 Å². The summed E-state index contributed by atoms with van der Waals surface area (Å²) in [6, 6.07) is 16.8. The van der Waals surface area contributed by atoms with Gasteiger partial charge >= 0.3 is 6.18 Å². The van der Waals surface area contributed by atoms with Crippen LogP contribution in [0.25, 0.3) is 0 Å². The maximum absolute atomic E-state index is 13.0. The number of alkyl halides is 3. The van der Waals surface area contributed by atoms with Crippen LogP contribution in [0.2, 0.25) is 0 Å². The van der Waals surface area contributed by atoms with Gasteiger partial charge in [0, 0.05) is 5.56 Å². The lowest BCUT2D eigenvalue weighted by atomic mass is 10.1. The van der Waals surface area contributed by atoms with Crippen molar-refractivity contribution in [2.75, 3.05) is 6.54 Å². The third kappa shape index (κ3) is 3.11. The zero-order valence-electron chi connectivity index (χ0n) is 12.0. The minimum absolute atomic E-state index is 0.340. The number of carbonyl (C=O) groups is 1. The van der Waals surface area contributed by atoms with Crippen molar-refractivity contribution < 1.29 is 18.0 Å². The molecule has 0 N–H and O–H groups in total. The van der Waals surface area contributed by atoms with Crippen molar-refractivity contribution in [2.45, 2.75) is 12.3 Å². The summed E-state index contributed by atoms with van der Waals surface area (Å²) in [7, 11) is 0. The zero-order valence-corrected chi connectivity index (χ0v) is 12.0. The first-order chi connectivity index (χ1) is 11.0. The molecule has 0 aliphatic carbocycles. The summed E-state index contributed by atoms with van der Waals surface area (Å²) in [5.41, 5.74) is -0.0429. The van der Waals surface area contributed by atoms with Crippen LogP contribution in [0.1, 0.15) is 22.1 Å². The molecule has 0 aromatic heterocycles. The second-order valence-corrected chi connectivity index (χ2v) is 5.16. The lowest BCUT2D eigenvalue weighted by Crippen LogP contribution is -2.36. The molecule has 1 amide bonds. The number of hydrogen-bond donors (Lipinski definition) is 0. The second-order valence-electron chi connectivity index (χ2n) is 5.16. The van der Waals surface area contributed by atoms with Gasteiger partial charge in [-0.15, -0.1) is 0 Å². The highest BCUT2D eigenvalue weighted by Crippen LogP contribution is 2.33. The smallest absolute Gasteiger partial charge is 0.306 e. The van der Waals surface area contributed by atoms with Gasteiger partial charge in [0.05, 0.1) is 6.54 Å². The van der Waals surface area contributed by atoms with Gasteiger partial charge in [-0.2, -0.15) is 13.2 Å². The van der Waals surface area contributed by atoms with Crippen molar-refractivity contribution in [3.05, 3.63) is 71.8 Å². The van der Waals surface area contributed by atoms with Crippen LogP contribution in [0.3, 0.4) is 0 Å². The van der Waals surface area contributed by atoms with Gasteiger partial charge in [0.1, 0.15) is 11.9 Å². The average molecular weight is 318 g/mol. The molecular weight excluding hydrogens is 305 g/mol. The molecule has 118 valence electrons. The maximum Gasteiger partial charge on any atom is 0.430 e.